The summed E-state index contributed by atoms with van der Waals surface area (Å²) < 4.78 is 0. The maximum Gasteiger partial charge on any atom is 0.245 e. The topological polar surface area (TPSA) is 87.2 Å². The summed E-state index contributed by atoms with van der Waals surface area (Å²) >= 11 is 2.99. The van der Waals surface area contributed by atoms with Gasteiger partial charge in [-0.25, -0.2) is 0 Å². The number of thiophene rings is 1. The van der Waals surface area contributed by atoms with Crippen LogP contribution < -0.4 is 15.5 Å². The molecule has 1 atom stereocenters. The highest BCUT2D eigenvalue weighted by Crippen LogP contribution is 2.45. The number of hydrogen-bond donors (Lipinski definition) is 2. The van der Waals surface area contributed by atoms with Gasteiger partial charge < -0.3 is 10.2 Å². The highest BCUT2D eigenvalue weighted by molar-refractivity contribution is 7.15. The summed E-state index contributed by atoms with van der Waals surface area (Å²) in [6, 6.07) is 11.6. The third-order valence-electron chi connectivity index (χ3n) is 5.68. The molecule has 164 valence electrons. The van der Waals surface area contributed by atoms with Gasteiger partial charge in [-0.05, 0) is 42.8 Å². The average Bonchev–Trinajstić information content (AvgIpc) is 3.45. The molecule has 9 heteroatoms. The van der Waals surface area contributed by atoms with Crippen LogP contribution in [0.3, 0.4) is 0 Å². The van der Waals surface area contributed by atoms with Crippen molar-refractivity contribution in [1.82, 2.24) is 10.2 Å². The van der Waals surface area contributed by atoms with Gasteiger partial charge in [-0.15, -0.1) is 21.5 Å². The number of carbonyl (C=O) groups is 2. The molecule has 32 heavy (non-hydrogen) atoms. The number of para-hydroxylation sites is 2. The number of nitrogens with zero attached hydrogens (tertiary/aromatic N) is 3. The van der Waals surface area contributed by atoms with E-state index < -0.39 is 0 Å². The molecule has 1 aliphatic heterocycles. The molecule has 1 amide bonds. The zero-order valence-corrected chi connectivity index (χ0v) is 19.3. The standard InChI is InChI=1S/C23H23N5O2S2/c1-2-20-26-27-23(32-20)25-19(30)13-28-16-9-4-3-7-14(16)24-15-8-5-10-17(29)21(15)22(28)18-11-6-12-31-18/h3-4,6-7,9,11-12,22,24H,2,5,8,10,13H2,1H3,(H,25,27,30)/t22-/m0/s1. The van der Waals surface area contributed by atoms with E-state index in [1.807, 2.05) is 53.6 Å². The first kappa shape index (κ1) is 20.8. The Morgan fingerprint density at radius 1 is 1.22 bits per heavy atom. The third-order valence-corrected chi connectivity index (χ3v) is 7.59. The lowest BCUT2D eigenvalue weighted by atomic mass is 9.88. The summed E-state index contributed by atoms with van der Waals surface area (Å²) in [5.41, 5.74) is 3.54. The number of nitrogens with one attached hydrogen (secondary N) is 2. The first-order chi connectivity index (χ1) is 15.6. The minimum absolute atomic E-state index is 0.0896. The van der Waals surface area contributed by atoms with Crippen molar-refractivity contribution in [3.63, 3.8) is 0 Å². The van der Waals surface area contributed by atoms with Crippen molar-refractivity contribution in [2.75, 3.05) is 22.1 Å². The smallest absolute Gasteiger partial charge is 0.245 e. The zero-order chi connectivity index (χ0) is 22.1. The molecular weight excluding hydrogens is 442 g/mol. The van der Waals surface area contributed by atoms with Gasteiger partial charge in [0, 0.05) is 22.6 Å². The largest absolute Gasteiger partial charge is 0.357 e. The van der Waals surface area contributed by atoms with Crippen molar-refractivity contribution in [1.29, 1.82) is 0 Å². The molecule has 1 aromatic carbocycles. The Kier molecular flexibility index (Phi) is 5.75. The van der Waals surface area contributed by atoms with Crippen molar-refractivity contribution < 1.29 is 9.59 Å². The van der Waals surface area contributed by atoms with Crippen LogP contribution in [-0.2, 0) is 16.0 Å². The Balaban J connectivity index is 1.56. The van der Waals surface area contributed by atoms with E-state index in [0.717, 1.165) is 51.8 Å². The normalized spacial score (nSPS) is 18.0. The minimum Gasteiger partial charge on any atom is -0.357 e. The van der Waals surface area contributed by atoms with Gasteiger partial charge in [-0.3, -0.25) is 14.9 Å². The fourth-order valence-electron chi connectivity index (χ4n) is 4.28. The van der Waals surface area contributed by atoms with Crippen LogP contribution >= 0.6 is 22.7 Å². The molecule has 3 heterocycles. The highest BCUT2D eigenvalue weighted by atomic mass is 32.1. The number of anilines is 3. The third kappa shape index (κ3) is 3.93. The van der Waals surface area contributed by atoms with Crippen LogP contribution in [0.15, 0.2) is 53.0 Å². The molecule has 5 rings (SSSR count). The van der Waals surface area contributed by atoms with Gasteiger partial charge in [0.25, 0.3) is 0 Å². The van der Waals surface area contributed by atoms with Crippen LogP contribution in [0.4, 0.5) is 16.5 Å². The number of benzene rings is 1. The SMILES string of the molecule is CCc1nnc(NC(=O)CN2c3ccccc3NC3=C(C(=O)CCC3)[C@@H]2c2cccs2)s1. The van der Waals surface area contributed by atoms with Crippen LogP contribution in [0.1, 0.15) is 42.1 Å². The van der Waals surface area contributed by atoms with E-state index in [4.69, 9.17) is 0 Å². The van der Waals surface area contributed by atoms with Gasteiger partial charge in [0.15, 0.2) is 5.78 Å². The molecule has 0 saturated carbocycles. The van der Waals surface area contributed by atoms with E-state index >= 15 is 0 Å². The van der Waals surface area contributed by atoms with Crippen LogP contribution in [0.2, 0.25) is 0 Å². The summed E-state index contributed by atoms with van der Waals surface area (Å²) in [7, 11) is 0. The van der Waals surface area contributed by atoms with E-state index in [2.05, 4.69) is 20.8 Å². The van der Waals surface area contributed by atoms with Crippen molar-refractivity contribution in [2.45, 2.75) is 38.6 Å². The first-order valence-electron chi connectivity index (χ1n) is 10.7. The quantitative estimate of drug-likeness (QED) is 0.564. The Bertz CT molecular complexity index is 1180. The minimum atomic E-state index is -0.319. The first-order valence-corrected chi connectivity index (χ1v) is 12.4. The molecule has 0 spiro atoms. The Morgan fingerprint density at radius 2 is 2.09 bits per heavy atom. The molecule has 0 unspecified atom stereocenters. The van der Waals surface area contributed by atoms with Crippen molar-refractivity contribution >= 4 is 50.9 Å². The Morgan fingerprint density at radius 3 is 2.88 bits per heavy atom. The number of hydrogen-bond acceptors (Lipinski definition) is 8. The maximum atomic E-state index is 13.2. The van der Waals surface area contributed by atoms with E-state index in [1.54, 1.807) is 11.3 Å². The van der Waals surface area contributed by atoms with Crippen LogP contribution in [0.25, 0.3) is 0 Å². The summed E-state index contributed by atoms with van der Waals surface area (Å²) in [4.78, 5) is 29.4. The fraction of sp³-hybridized carbons (Fsp3) is 0.304. The maximum absolute atomic E-state index is 13.2. The highest BCUT2D eigenvalue weighted by Gasteiger charge is 2.37. The van der Waals surface area contributed by atoms with Crippen molar-refractivity contribution in [2.24, 2.45) is 0 Å². The average molecular weight is 466 g/mol. The molecule has 2 N–H and O–H groups in total. The number of carbonyl (C=O) groups excluding carboxylic acids is 2. The number of ketones is 1. The molecule has 3 aromatic rings. The lowest BCUT2D eigenvalue weighted by molar-refractivity contribution is -0.117. The molecule has 0 saturated heterocycles. The summed E-state index contributed by atoms with van der Waals surface area (Å²) in [6.07, 6.45) is 2.96. The van der Waals surface area contributed by atoms with E-state index in [0.29, 0.717) is 11.6 Å². The molecule has 2 aromatic heterocycles. The number of aromatic nitrogens is 2. The van der Waals surface area contributed by atoms with Gasteiger partial charge in [0.05, 0.1) is 24.0 Å². The van der Waals surface area contributed by atoms with Gasteiger partial charge in [0.1, 0.15) is 5.01 Å². The molecular formula is C23H23N5O2S2. The van der Waals surface area contributed by atoms with Crippen LogP contribution in [-0.4, -0.2) is 28.4 Å². The van der Waals surface area contributed by atoms with Gasteiger partial charge >= 0.3 is 0 Å². The fourth-order valence-corrected chi connectivity index (χ4v) is 5.82. The number of amides is 1. The van der Waals surface area contributed by atoms with Gasteiger partial charge in [0.2, 0.25) is 11.0 Å². The summed E-state index contributed by atoms with van der Waals surface area (Å²) in [5.74, 6) is -0.0421. The van der Waals surface area contributed by atoms with Gasteiger partial charge in [-0.1, -0.05) is 36.5 Å². The second-order valence-corrected chi connectivity index (χ2v) is 9.80. The Hall–Kier alpha value is -3.04. The number of allylic oxidation sites excluding steroid dienone is 1. The second kappa shape index (κ2) is 8.84. The van der Waals surface area contributed by atoms with E-state index in [1.165, 1.54) is 11.3 Å². The van der Waals surface area contributed by atoms with E-state index in [-0.39, 0.29) is 24.3 Å². The molecule has 2 aliphatic rings. The predicted molar refractivity (Wildman–Crippen MR) is 128 cm³/mol. The molecule has 7 nitrogen and oxygen atoms in total. The molecule has 0 bridgehead atoms. The second-order valence-electron chi connectivity index (χ2n) is 7.76. The monoisotopic (exact) mass is 465 g/mol. The number of aryl methyl sites for hydroxylation is 1. The number of Topliss-reactive ketones (excluding diaryl/α,β-unsaturated/α-hetero) is 1. The summed E-state index contributed by atoms with van der Waals surface area (Å²) in [5, 5.41) is 18.0. The molecule has 0 radical (unpaired) electrons. The predicted octanol–water partition coefficient (Wildman–Crippen LogP) is 4.78. The van der Waals surface area contributed by atoms with Crippen molar-refractivity contribution in [3.8, 4) is 0 Å². The van der Waals surface area contributed by atoms with Crippen molar-refractivity contribution in [3.05, 3.63) is 62.9 Å². The van der Waals surface area contributed by atoms with Gasteiger partial charge in [-0.2, -0.15) is 0 Å². The van der Waals surface area contributed by atoms with E-state index in [9.17, 15) is 9.59 Å². The Labute approximate surface area is 194 Å². The lowest BCUT2D eigenvalue weighted by Gasteiger charge is -2.34. The molecule has 1 aliphatic carbocycles. The van der Waals surface area contributed by atoms with Crippen LogP contribution in [0.5, 0.6) is 0 Å². The molecule has 0 fully saturated rings. The number of fused-ring (bicyclic) bond motifs is 1. The van der Waals surface area contributed by atoms with Crippen LogP contribution in [0, 0.1) is 0 Å². The number of rotatable bonds is 5. The zero-order valence-electron chi connectivity index (χ0n) is 17.6. The summed E-state index contributed by atoms with van der Waals surface area (Å²) in [6.45, 7) is 2.09. The lowest BCUT2D eigenvalue weighted by Crippen LogP contribution is -2.38.